The van der Waals surface area contributed by atoms with Crippen molar-refractivity contribution in [3.8, 4) is 17.6 Å². The van der Waals surface area contributed by atoms with E-state index in [1.807, 2.05) is 24.3 Å². The first kappa shape index (κ1) is 17.6. The Balaban J connectivity index is 0.00000182. The van der Waals surface area contributed by atoms with E-state index >= 15 is 0 Å². The molecule has 2 aromatic rings. The standard InChI is InChI=1S/C20H20N2O2.ClH/c21-12-14-2-1-3-15(10-14)13-22-20(16-4-5-16)17-6-7-18-19(11-17)24-9-8-23-18;/h1-3,6-7,10-11,16,20,22H,4-5,8-9,13H2;1H. The fraction of sp³-hybridized carbons (Fsp3) is 0.350. The van der Waals surface area contributed by atoms with Crippen LogP contribution in [0.15, 0.2) is 42.5 Å². The van der Waals surface area contributed by atoms with Gasteiger partial charge in [0.25, 0.3) is 0 Å². The molecule has 4 nitrogen and oxygen atoms in total. The van der Waals surface area contributed by atoms with Crippen LogP contribution in [0.1, 0.15) is 35.6 Å². The van der Waals surface area contributed by atoms with E-state index in [9.17, 15) is 0 Å². The van der Waals surface area contributed by atoms with Gasteiger partial charge in [-0.1, -0.05) is 18.2 Å². The topological polar surface area (TPSA) is 54.3 Å². The first-order valence-electron chi connectivity index (χ1n) is 8.45. The maximum absolute atomic E-state index is 9.03. The van der Waals surface area contributed by atoms with Crippen LogP contribution in [0, 0.1) is 17.2 Å². The van der Waals surface area contributed by atoms with Gasteiger partial charge in [-0.2, -0.15) is 5.26 Å². The third kappa shape index (κ3) is 4.07. The minimum atomic E-state index is 0. The molecule has 1 heterocycles. The van der Waals surface area contributed by atoms with Gasteiger partial charge in [-0.05, 0) is 54.2 Å². The van der Waals surface area contributed by atoms with Crippen LogP contribution in [0.3, 0.4) is 0 Å². The summed E-state index contributed by atoms with van der Waals surface area (Å²) in [4.78, 5) is 0. The van der Waals surface area contributed by atoms with Gasteiger partial charge in [-0.3, -0.25) is 0 Å². The summed E-state index contributed by atoms with van der Waals surface area (Å²) >= 11 is 0. The van der Waals surface area contributed by atoms with Crippen molar-refractivity contribution in [2.24, 2.45) is 5.92 Å². The van der Waals surface area contributed by atoms with Gasteiger partial charge < -0.3 is 14.8 Å². The number of rotatable bonds is 5. The van der Waals surface area contributed by atoms with Gasteiger partial charge in [0.15, 0.2) is 11.5 Å². The van der Waals surface area contributed by atoms with Gasteiger partial charge in [-0.15, -0.1) is 12.4 Å². The van der Waals surface area contributed by atoms with E-state index < -0.39 is 0 Å². The second-order valence-corrected chi connectivity index (χ2v) is 6.41. The molecule has 0 spiro atoms. The molecule has 1 unspecified atom stereocenters. The van der Waals surface area contributed by atoms with Crippen LogP contribution in [0.4, 0.5) is 0 Å². The molecular weight excluding hydrogens is 336 g/mol. The first-order chi connectivity index (χ1) is 11.8. The second-order valence-electron chi connectivity index (χ2n) is 6.41. The highest BCUT2D eigenvalue weighted by Gasteiger charge is 2.32. The van der Waals surface area contributed by atoms with Crippen LogP contribution >= 0.6 is 12.4 Å². The molecule has 25 heavy (non-hydrogen) atoms. The molecule has 0 saturated heterocycles. The molecule has 0 bridgehead atoms. The summed E-state index contributed by atoms with van der Waals surface area (Å²) in [6.45, 7) is 1.98. The van der Waals surface area contributed by atoms with Crippen molar-refractivity contribution in [2.75, 3.05) is 13.2 Å². The van der Waals surface area contributed by atoms with Crippen molar-refractivity contribution < 1.29 is 9.47 Å². The highest BCUT2D eigenvalue weighted by atomic mass is 35.5. The fourth-order valence-electron chi connectivity index (χ4n) is 3.22. The quantitative estimate of drug-likeness (QED) is 0.880. The van der Waals surface area contributed by atoms with E-state index in [1.54, 1.807) is 0 Å². The second kappa shape index (κ2) is 7.77. The van der Waals surface area contributed by atoms with E-state index in [-0.39, 0.29) is 12.4 Å². The fourth-order valence-corrected chi connectivity index (χ4v) is 3.22. The van der Waals surface area contributed by atoms with Crippen LogP contribution in [0.5, 0.6) is 11.5 Å². The monoisotopic (exact) mass is 356 g/mol. The van der Waals surface area contributed by atoms with Crippen LogP contribution in [-0.2, 0) is 6.54 Å². The number of nitrogens with zero attached hydrogens (tertiary/aromatic N) is 1. The van der Waals surface area contributed by atoms with Crippen molar-refractivity contribution in [1.82, 2.24) is 5.32 Å². The number of hydrogen-bond donors (Lipinski definition) is 1. The maximum Gasteiger partial charge on any atom is 0.161 e. The number of nitriles is 1. The lowest BCUT2D eigenvalue weighted by Crippen LogP contribution is -2.23. The molecule has 130 valence electrons. The van der Waals surface area contributed by atoms with Crippen LogP contribution in [0.2, 0.25) is 0 Å². The SMILES string of the molecule is Cl.N#Cc1cccc(CNC(c2ccc3c(c2)OCCO3)C2CC2)c1. The molecule has 0 aromatic heterocycles. The lowest BCUT2D eigenvalue weighted by atomic mass is 10.0. The zero-order valence-electron chi connectivity index (χ0n) is 13.9. The summed E-state index contributed by atoms with van der Waals surface area (Å²) in [5, 5.41) is 12.7. The lowest BCUT2D eigenvalue weighted by molar-refractivity contribution is 0.171. The van der Waals surface area contributed by atoms with Crippen molar-refractivity contribution in [3.63, 3.8) is 0 Å². The molecular formula is C20H21ClN2O2. The zero-order valence-corrected chi connectivity index (χ0v) is 14.7. The lowest BCUT2D eigenvalue weighted by Gasteiger charge is -2.23. The average Bonchev–Trinajstić information content (AvgIpc) is 3.47. The van der Waals surface area contributed by atoms with Crippen molar-refractivity contribution in [2.45, 2.75) is 25.4 Å². The van der Waals surface area contributed by atoms with Crippen LogP contribution in [0.25, 0.3) is 0 Å². The van der Waals surface area contributed by atoms with Crippen molar-refractivity contribution >= 4 is 12.4 Å². The normalized spacial score (nSPS) is 16.4. The number of halogens is 1. The molecule has 1 N–H and O–H groups in total. The Morgan fingerprint density at radius 2 is 1.88 bits per heavy atom. The predicted octanol–water partition coefficient (Wildman–Crippen LogP) is 3.99. The Morgan fingerprint density at radius 3 is 2.64 bits per heavy atom. The summed E-state index contributed by atoms with van der Waals surface area (Å²) in [6, 6.07) is 16.5. The molecule has 5 heteroatoms. The van der Waals surface area contributed by atoms with Gasteiger partial charge in [0.2, 0.25) is 0 Å². The molecule has 1 aliphatic carbocycles. The molecule has 1 saturated carbocycles. The zero-order chi connectivity index (χ0) is 16.4. The molecule has 1 fully saturated rings. The molecule has 0 amide bonds. The Morgan fingerprint density at radius 1 is 1.08 bits per heavy atom. The van der Waals surface area contributed by atoms with Gasteiger partial charge in [-0.25, -0.2) is 0 Å². The summed E-state index contributed by atoms with van der Waals surface area (Å²) in [6.07, 6.45) is 2.51. The van der Waals surface area contributed by atoms with Crippen molar-refractivity contribution in [3.05, 3.63) is 59.2 Å². The van der Waals surface area contributed by atoms with E-state index in [0.29, 0.717) is 30.7 Å². The highest BCUT2D eigenvalue weighted by molar-refractivity contribution is 5.85. The maximum atomic E-state index is 9.03. The Bertz CT molecular complexity index is 784. The molecule has 4 rings (SSSR count). The minimum absolute atomic E-state index is 0. The van der Waals surface area contributed by atoms with E-state index in [2.05, 4.69) is 29.6 Å². The molecule has 2 aromatic carbocycles. The smallest absolute Gasteiger partial charge is 0.161 e. The van der Waals surface area contributed by atoms with E-state index in [0.717, 1.165) is 23.6 Å². The van der Waals surface area contributed by atoms with E-state index in [1.165, 1.54) is 18.4 Å². The van der Waals surface area contributed by atoms with Crippen molar-refractivity contribution in [1.29, 1.82) is 5.26 Å². The number of fused-ring (bicyclic) bond motifs is 1. The minimum Gasteiger partial charge on any atom is -0.486 e. The Hall–Kier alpha value is -2.22. The van der Waals surface area contributed by atoms with Crippen LogP contribution in [-0.4, -0.2) is 13.2 Å². The van der Waals surface area contributed by atoms with E-state index in [4.69, 9.17) is 14.7 Å². The summed E-state index contributed by atoms with van der Waals surface area (Å²) in [7, 11) is 0. The molecule has 1 atom stereocenters. The van der Waals surface area contributed by atoms with Crippen LogP contribution < -0.4 is 14.8 Å². The first-order valence-corrected chi connectivity index (χ1v) is 8.45. The summed E-state index contributed by atoms with van der Waals surface area (Å²) < 4.78 is 11.3. The van der Waals surface area contributed by atoms with Gasteiger partial charge in [0, 0.05) is 12.6 Å². The summed E-state index contributed by atoms with van der Waals surface area (Å²) in [5.74, 6) is 2.35. The predicted molar refractivity (Wildman–Crippen MR) is 98.1 cm³/mol. The molecule has 2 aliphatic rings. The number of nitrogens with one attached hydrogen (secondary N) is 1. The summed E-state index contributed by atoms with van der Waals surface area (Å²) in [5.41, 5.74) is 3.09. The van der Waals surface area contributed by atoms with Gasteiger partial charge in [0.05, 0.1) is 11.6 Å². The molecule has 0 radical (unpaired) electrons. The third-order valence-corrected chi connectivity index (χ3v) is 4.60. The Labute approximate surface area is 154 Å². The van der Waals surface area contributed by atoms with Gasteiger partial charge >= 0.3 is 0 Å². The number of benzene rings is 2. The number of hydrogen-bond acceptors (Lipinski definition) is 4. The molecule has 1 aliphatic heterocycles. The number of ether oxygens (including phenoxy) is 2. The van der Waals surface area contributed by atoms with Gasteiger partial charge in [0.1, 0.15) is 13.2 Å². The third-order valence-electron chi connectivity index (χ3n) is 4.60. The largest absolute Gasteiger partial charge is 0.486 e. The Kier molecular flexibility index (Phi) is 5.47. The highest BCUT2D eigenvalue weighted by Crippen LogP contribution is 2.43. The average molecular weight is 357 g/mol.